The Morgan fingerprint density at radius 3 is 2.89 bits per heavy atom. The maximum absolute atomic E-state index is 10.8. The van der Waals surface area contributed by atoms with Crippen LogP contribution in [0.25, 0.3) is 0 Å². The van der Waals surface area contributed by atoms with Crippen LogP contribution in [-0.4, -0.2) is 19.6 Å². The number of hydrogen-bond donors (Lipinski definition) is 2. The minimum atomic E-state index is -0.521. The van der Waals surface area contributed by atoms with Crippen LogP contribution in [0.5, 0.6) is 0 Å². The van der Waals surface area contributed by atoms with E-state index in [2.05, 4.69) is 10.3 Å². The van der Waals surface area contributed by atoms with Crippen molar-refractivity contribution in [2.24, 2.45) is 7.05 Å². The van der Waals surface area contributed by atoms with E-state index in [1.165, 1.54) is 6.33 Å². The number of aliphatic hydroxyl groups is 1. The van der Waals surface area contributed by atoms with Gasteiger partial charge in [0, 0.05) is 13.6 Å². The molecule has 7 heteroatoms. The first-order valence-electron chi connectivity index (χ1n) is 5.70. The van der Waals surface area contributed by atoms with Crippen LogP contribution in [-0.2, 0) is 20.2 Å². The van der Waals surface area contributed by atoms with E-state index >= 15 is 0 Å². The highest BCUT2D eigenvalue weighted by molar-refractivity contribution is 5.52. The summed E-state index contributed by atoms with van der Waals surface area (Å²) in [6, 6.07) is 7.37. The lowest BCUT2D eigenvalue weighted by atomic mass is 10.1. The van der Waals surface area contributed by atoms with Crippen molar-refractivity contribution in [3.05, 3.63) is 51.8 Å². The summed E-state index contributed by atoms with van der Waals surface area (Å²) in [5.41, 5.74) is 1.74. The summed E-state index contributed by atoms with van der Waals surface area (Å²) in [6.07, 6.45) is 1.39. The van der Waals surface area contributed by atoms with Crippen molar-refractivity contribution >= 4 is 11.6 Å². The van der Waals surface area contributed by atoms with E-state index in [1.807, 2.05) is 24.3 Å². The number of rotatable bonds is 5. The van der Waals surface area contributed by atoms with Gasteiger partial charge in [-0.15, -0.1) is 0 Å². The van der Waals surface area contributed by atoms with Crippen LogP contribution in [0.15, 0.2) is 30.6 Å². The maximum atomic E-state index is 10.8. The van der Waals surface area contributed by atoms with Crippen LogP contribution in [0.3, 0.4) is 0 Å². The number of benzene rings is 1. The van der Waals surface area contributed by atoms with Gasteiger partial charge in [0.1, 0.15) is 0 Å². The van der Waals surface area contributed by atoms with Gasteiger partial charge in [-0.2, -0.15) is 0 Å². The van der Waals surface area contributed by atoms with Gasteiger partial charge in [-0.1, -0.05) is 24.3 Å². The van der Waals surface area contributed by atoms with Crippen LogP contribution < -0.4 is 5.32 Å². The molecule has 0 spiro atoms. The van der Waals surface area contributed by atoms with Gasteiger partial charge in [-0.3, -0.25) is 4.57 Å². The minimum Gasteiger partial charge on any atom is -0.392 e. The number of aliphatic hydroxyl groups excluding tert-OH is 1. The molecule has 0 saturated heterocycles. The molecule has 1 heterocycles. The fraction of sp³-hybridized carbons (Fsp3) is 0.250. The molecule has 0 bridgehead atoms. The van der Waals surface area contributed by atoms with E-state index in [4.69, 9.17) is 5.11 Å². The minimum absolute atomic E-state index is 0.0281. The second kappa shape index (κ2) is 5.49. The normalized spacial score (nSPS) is 10.4. The van der Waals surface area contributed by atoms with Gasteiger partial charge in [0.05, 0.1) is 6.61 Å². The molecule has 0 radical (unpaired) electrons. The topological polar surface area (TPSA) is 93.2 Å². The monoisotopic (exact) mass is 262 g/mol. The Hall–Kier alpha value is -2.41. The zero-order valence-corrected chi connectivity index (χ0v) is 10.4. The van der Waals surface area contributed by atoms with Gasteiger partial charge in [0.15, 0.2) is 0 Å². The molecule has 0 amide bonds. The Kier molecular flexibility index (Phi) is 3.76. The summed E-state index contributed by atoms with van der Waals surface area (Å²) in [4.78, 5) is 14.0. The van der Waals surface area contributed by atoms with Crippen molar-refractivity contribution < 1.29 is 10.0 Å². The first kappa shape index (κ1) is 13.0. The summed E-state index contributed by atoms with van der Waals surface area (Å²) in [6.45, 7) is 0.397. The Balaban J connectivity index is 2.14. The molecule has 0 aliphatic rings. The third-order valence-corrected chi connectivity index (χ3v) is 2.72. The molecule has 0 aliphatic carbocycles. The average molecular weight is 262 g/mol. The van der Waals surface area contributed by atoms with Crippen molar-refractivity contribution in [2.45, 2.75) is 13.2 Å². The predicted molar refractivity (Wildman–Crippen MR) is 69.6 cm³/mol. The predicted octanol–water partition coefficient (Wildman–Crippen LogP) is 1.43. The molecular weight excluding hydrogens is 248 g/mol. The summed E-state index contributed by atoms with van der Waals surface area (Å²) in [5.74, 6) is 0.167. The molecule has 2 aromatic rings. The van der Waals surface area contributed by atoms with E-state index < -0.39 is 4.92 Å². The lowest BCUT2D eigenvalue weighted by molar-refractivity contribution is -0.388. The number of nitrogens with one attached hydrogen (secondary N) is 1. The van der Waals surface area contributed by atoms with Crippen molar-refractivity contribution in [3.63, 3.8) is 0 Å². The zero-order chi connectivity index (χ0) is 13.8. The van der Waals surface area contributed by atoms with E-state index in [1.54, 1.807) is 11.6 Å². The second-order valence-corrected chi connectivity index (χ2v) is 4.12. The highest BCUT2D eigenvalue weighted by Crippen LogP contribution is 2.21. The molecule has 100 valence electrons. The Morgan fingerprint density at radius 1 is 1.47 bits per heavy atom. The Morgan fingerprint density at radius 2 is 2.21 bits per heavy atom. The van der Waals surface area contributed by atoms with Crippen molar-refractivity contribution in [1.29, 1.82) is 0 Å². The van der Waals surface area contributed by atoms with Crippen molar-refractivity contribution in [3.8, 4) is 0 Å². The zero-order valence-electron chi connectivity index (χ0n) is 10.4. The quantitative estimate of drug-likeness (QED) is 0.628. The third-order valence-electron chi connectivity index (χ3n) is 2.72. The molecule has 0 aliphatic heterocycles. The van der Waals surface area contributed by atoms with E-state index in [0.29, 0.717) is 12.4 Å². The van der Waals surface area contributed by atoms with Gasteiger partial charge in [0.25, 0.3) is 0 Å². The van der Waals surface area contributed by atoms with E-state index in [9.17, 15) is 10.1 Å². The lowest BCUT2D eigenvalue weighted by Crippen LogP contribution is -2.06. The number of aromatic nitrogens is 2. The third kappa shape index (κ3) is 2.89. The molecule has 2 rings (SSSR count). The Labute approximate surface area is 109 Å². The fourth-order valence-corrected chi connectivity index (χ4v) is 1.78. The molecule has 7 nitrogen and oxygen atoms in total. The van der Waals surface area contributed by atoms with E-state index in [0.717, 1.165) is 11.1 Å². The number of nitro groups is 1. The number of anilines is 1. The number of imidazole rings is 1. The van der Waals surface area contributed by atoms with Gasteiger partial charge in [-0.25, -0.2) is 0 Å². The van der Waals surface area contributed by atoms with Crippen LogP contribution in [0, 0.1) is 10.1 Å². The standard InChI is InChI=1S/C12H14N4O3/c1-15-8-14-12(16(18)19)11(15)13-6-9-3-2-4-10(5-9)7-17/h2-5,8,13,17H,6-7H2,1H3. The number of hydrogen-bond acceptors (Lipinski definition) is 5. The highest BCUT2D eigenvalue weighted by atomic mass is 16.6. The Bertz CT molecular complexity index is 594. The summed E-state index contributed by atoms with van der Waals surface area (Å²) >= 11 is 0. The SMILES string of the molecule is Cn1cnc([N+](=O)[O-])c1NCc1cccc(CO)c1. The molecule has 1 aromatic carbocycles. The summed E-state index contributed by atoms with van der Waals surface area (Å²) < 4.78 is 1.56. The van der Waals surface area contributed by atoms with Crippen LogP contribution in [0.1, 0.15) is 11.1 Å². The maximum Gasteiger partial charge on any atom is 0.406 e. The summed E-state index contributed by atoms with van der Waals surface area (Å²) in [5, 5.41) is 22.8. The molecule has 0 fully saturated rings. The summed E-state index contributed by atoms with van der Waals surface area (Å²) in [7, 11) is 1.69. The second-order valence-electron chi connectivity index (χ2n) is 4.12. The molecule has 19 heavy (non-hydrogen) atoms. The van der Waals surface area contributed by atoms with Crippen LogP contribution >= 0.6 is 0 Å². The number of aryl methyl sites for hydroxylation is 1. The molecule has 1 aromatic heterocycles. The molecule has 2 N–H and O–H groups in total. The number of nitrogens with zero attached hydrogens (tertiary/aromatic N) is 3. The molecule has 0 atom stereocenters. The fourth-order valence-electron chi connectivity index (χ4n) is 1.78. The van der Waals surface area contributed by atoms with E-state index in [-0.39, 0.29) is 12.4 Å². The first-order valence-corrected chi connectivity index (χ1v) is 5.70. The van der Waals surface area contributed by atoms with Gasteiger partial charge < -0.3 is 20.5 Å². The first-order chi connectivity index (χ1) is 9.11. The average Bonchev–Trinajstić information content (AvgIpc) is 2.78. The largest absolute Gasteiger partial charge is 0.406 e. The molecule has 0 saturated carbocycles. The molecule has 0 unspecified atom stereocenters. The van der Waals surface area contributed by atoms with Gasteiger partial charge in [-0.05, 0) is 21.0 Å². The van der Waals surface area contributed by atoms with Gasteiger partial charge >= 0.3 is 5.82 Å². The lowest BCUT2D eigenvalue weighted by Gasteiger charge is -2.07. The van der Waals surface area contributed by atoms with Gasteiger partial charge in [0.2, 0.25) is 12.1 Å². The van der Waals surface area contributed by atoms with Crippen LogP contribution in [0.4, 0.5) is 11.6 Å². The highest BCUT2D eigenvalue weighted by Gasteiger charge is 2.19. The molecular formula is C12H14N4O3. The smallest absolute Gasteiger partial charge is 0.392 e. The van der Waals surface area contributed by atoms with Crippen molar-refractivity contribution in [2.75, 3.05) is 5.32 Å². The van der Waals surface area contributed by atoms with Crippen molar-refractivity contribution in [1.82, 2.24) is 9.55 Å². The van der Waals surface area contributed by atoms with Crippen LogP contribution in [0.2, 0.25) is 0 Å².